The maximum atomic E-state index is 12.9. The first-order valence-corrected chi connectivity index (χ1v) is 9.70. The number of amides is 1. The molecule has 1 aliphatic carbocycles. The zero-order valence-electron chi connectivity index (χ0n) is 15.7. The molecular weight excluding hydrogens is 419 g/mol. The Kier molecular flexibility index (Phi) is 5.27. The number of benzene rings is 2. The third-order valence-electron chi connectivity index (χ3n) is 5.37. The molecule has 1 N–H and O–H groups in total. The fourth-order valence-electron chi connectivity index (χ4n) is 3.53. The van der Waals surface area contributed by atoms with E-state index in [4.69, 9.17) is 11.6 Å². The maximum Gasteiger partial charge on any atom is 0.471 e. The largest absolute Gasteiger partial charge is 0.471 e. The molecule has 1 heterocycles. The molecule has 0 aliphatic heterocycles. The van der Waals surface area contributed by atoms with Crippen LogP contribution in [0.25, 0.3) is 11.4 Å². The van der Waals surface area contributed by atoms with Crippen LogP contribution in [0.1, 0.15) is 36.3 Å². The van der Waals surface area contributed by atoms with Crippen molar-refractivity contribution in [3.05, 3.63) is 70.6 Å². The summed E-state index contributed by atoms with van der Waals surface area (Å²) >= 11 is 5.95. The molecular formula is C21H17ClF3N3O2. The first kappa shape index (κ1) is 20.4. The van der Waals surface area contributed by atoms with E-state index in [-0.39, 0.29) is 11.7 Å². The summed E-state index contributed by atoms with van der Waals surface area (Å²) in [5.41, 5.74) is 1.60. The molecule has 1 amide bonds. The van der Waals surface area contributed by atoms with Crippen molar-refractivity contribution in [2.45, 2.75) is 37.4 Å². The van der Waals surface area contributed by atoms with Crippen molar-refractivity contribution in [3.8, 4) is 11.4 Å². The second kappa shape index (κ2) is 7.75. The van der Waals surface area contributed by atoms with Crippen LogP contribution in [0.5, 0.6) is 0 Å². The third-order valence-corrected chi connectivity index (χ3v) is 5.62. The number of halogens is 4. The monoisotopic (exact) mass is 435 g/mol. The van der Waals surface area contributed by atoms with Gasteiger partial charge in [-0.1, -0.05) is 59.6 Å². The summed E-state index contributed by atoms with van der Waals surface area (Å²) in [6.45, 7) is 0.300. The van der Waals surface area contributed by atoms with Gasteiger partial charge in [-0.25, -0.2) is 0 Å². The predicted molar refractivity (Wildman–Crippen MR) is 104 cm³/mol. The van der Waals surface area contributed by atoms with Crippen molar-refractivity contribution in [3.63, 3.8) is 0 Å². The van der Waals surface area contributed by atoms with Crippen LogP contribution >= 0.6 is 11.6 Å². The van der Waals surface area contributed by atoms with Crippen LogP contribution in [0, 0.1) is 0 Å². The lowest BCUT2D eigenvalue weighted by molar-refractivity contribution is -0.159. The summed E-state index contributed by atoms with van der Waals surface area (Å²) in [6, 6.07) is 13.9. The number of rotatable bonds is 5. The Bertz CT molecular complexity index is 1040. The summed E-state index contributed by atoms with van der Waals surface area (Å²) < 4.78 is 42.0. The number of alkyl halides is 3. The Morgan fingerprint density at radius 1 is 1.10 bits per heavy atom. The average Bonchev–Trinajstić information content (AvgIpc) is 3.18. The van der Waals surface area contributed by atoms with Gasteiger partial charge in [0.25, 0.3) is 0 Å². The Labute approximate surface area is 175 Å². The van der Waals surface area contributed by atoms with Gasteiger partial charge in [0.05, 0.1) is 5.41 Å². The van der Waals surface area contributed by atoms with Crippen molar-refractivity contribution in [2.75, 3.05) is 0 Å². The summed E-state index contributed by atoms with van der Waals surface area (Å²) in [7, 11) is 0. The number of carbonyl (C=O) groups excluding carboxylic acids is 1. The van der Waals surface area contributed by atoms with Gasteiger partial charge >= 0.3 is 12.1 Å². The first-order chi connectivity index (χ1) is 14.3. The van der Waals surface area contributed by atoms with Gasteiger partial charge in [0, 0.05) is 17.1 Å². The highest BCUT2D eigenvalue weighted by molar-refractivity contribution is 6.30. The molecule has 30 heavy (non-hydrogen) atoms. The summed E-state index contributed by atoms with van der Waals surface area (Å²) in [4.78, 5) is 16.3. The highest BCUT2D eigenvalue weighted by Gasteiger charge is 2.45. The van der Waals surface area contributed by atoms with Gasteiger partial charge in [-0.2, -0.15) is 18.2 Å². The van der Waals surface area contributed by atoms with Crippen molar-refractivity contribution >= 4 is 17.5 Å². The Hall–Kier alpha value is -2.87. The van der Waals surface area contributed by atoms with Crippen LogP contribution in [-0.4, -0.2) is 16.0 Å². The van der Waals surface area contributed by atoms with E-state index >= 15 is 0 Å². The number of hydrogen-bond acceptors (Lipinski definition) is 4. The molecule has 0 bridgehead atoms. The molecule has 0 unspecified atom stereocenters. The fourth-order valence-corrected chi connectivity index (χ4v) is 3.65. The number of carbonyl (C=O) groups is 1. The molecule has 5 nitrogen and oxygen atoms in total. The van der Waals surface area contributed by atoms with Crippen molar-refractivity contribution < 1.29 is 22.5 Å². The molecule has 0 spiro atoms. The normalized spacial score (nSPS) is 15.5. The van der Waals surface area contributed by atoms with Crippen LogP contribution in [-0.2, 0) is 22.9 Å². The Morgan fingerprint density at radius 3 is 2.30 bits per heavy atom. The van der Waals surface area contributed by atoms with E-state index in [1.54, 1.807) is 36.4 Å². The number of hydrogen-bond donors (Lipinski definition) is 1. The van der Waals surface area contributed by atoms with E-state index in [2.05, 4.69) is 20.0 Å². The van der Waals surface area contributed by atoms with Crippen LogP contribution in [0.2, 0.25) is 5.02 Å². The zero-order chi connectivity index (χ0) is 21.4. The standard InChI is InChI=1S/C21H17ClF3N3O2/c22-16-8-6-15(7-9-16)20(10-1-11-20)18(29)26-12-13-2-4-14(5-3-13)17-27-19(30-28-17)21(23,24)25/h2-9H,1,10-12H2,(H,26,29). The Balaban J connectivity index is 1.42. The third kappa shape index (κ3) is 3.92. The lowest BCUT2D eigenvalue weighted by atomic mass is 9.64. The van der Waals surface area contributed by atoms with Crippen molar-refractivity contribution in [1.29, 1.82) is 0 Å². The first-order valence-electron chi connectivity index (χ1n) is 9.32. The molecule has 1 fully saturated rings. The van der Waals surface area contributed by atoms with Gasteiger partial charge in [-0.15, -0.1) is 0 Å². The number of nitrogens with zero attached hydrogens (tertiary/aromatic N) is 2. The van der Waals surface area contributed by atoms with E-state index < -0.39 is 17.5 Å². The Morgan fingerprint density at radius 2 is 1.77 bits per heavy atom. The lowest BCUT2D eigenvalue weighted by Gasteiger charge is -2.40. The van der Waals surface area contributed by atoms with Crippen LogP contribution in [0.4, 0.5) is 13.2 Å². The quantitative estimate of drug-likeness (QED) is 0.602. The molecule has 1 saturated carbocycles. The molecule has 0 atom stereocenters. The van der Waals surface area contributed by atoms with Gasteiger partial charge in [0.2, 0.25) is 11.7 Å². The van der Waals surface area contributed by atoms with E-state index in [0.717, 1.165) is 30.4 Å². The van der Waals surface area contributed by atoms with Crippen LogP contribution < -0.4 is 5.32 Å². The molecule has 0 radical (unpaired) electrons. The second-order valence-corrected chi connectivity index (χ2v) is 7.68. The molecule has 1 aliphatic rings. The second-order valence-electron chi connectivity index (χ2n) is 7.24. The van der Waals surface area contributed by atoms with Crippen molar-refractivity contribution in [2.24, 2.45) is 0 Å². The summed E-state index contributed by atoms with van der Waals surface area (Å²) in [5.74, 6) is -1.58. The van der Waals surface area contributed by atoms with Gasteiger partial charge in [0.1, 0.15) is 0 Å². The lowest BCUT2D eigenvalue weighted by Crippen LogP contribution is -2.48. The van der Waals surface area contributed by atoms with Gasteiger partial charge in [0.15, 0.2) is 0 Å². The highest BCUT2D eigenvalue weighted by Crippen LogP contribution is 2.44. The molecule has 2 aromatic carbocycles. The molecule has 4 rings (SSSR count). The molecule has 3 aromatic rings. The minimum absolute atomic E-state index is 0.0480. The molecule has 156 valence electrons. The van der Waals surface area contributed by atoms with Gasteiger partial charge in [-0.3, -0.25) is 4.79 Å². The minimum atomic E-state index is -4.68. The van der Waals surface area contributed by atoms with Crippen molar-refractivity contribution in [1.82, 2.24) is 15.5 Å². The van der Waals surface area contributed by atoms with Gasteiger partial charge in [-0.05, 0) is 36.1 Å². The molecule has 0 saturated heterocycles. The highest BCUT2D eigenvalue weighted by atomic mass is 35.5. The zero-order valence-corrected chi connectivity index (χ0v) is 16.4. The van der Waals surface area contributed by atoms with E-state index in [1.807, 2.05) is 12.1 Å². The minimum Gasteiger partial charge on any atom is -0.351 e. The number of aromatic nitrogens is 2. The predicted octanol–water partition coefficient (Wildman–Crippen LogP) is 5.15. The van der Waals surface area contributed by atoms with E-state index in [9.17, 15) is 18.0 Å². The number of nitrogens with one attached hydrogen (secondary N) is 1. The smallest absolute Gasteiger partial charge is 0.351 e. The SMILES string of the molecule is O=C(NCc1ccc(-c2noc(C(F)(F)F)n2)cc1)C1(c2ccc(Cl)cc2)CCC1. The van der Waals surface area contributed by atoms with Gasteiger partial charge < -0.3 is 9.84 Å². The van der Waals surface area contributed by atoms with E-state index in [0.29, 0.717) is 17.1 Å². The molecule has 9 heteroatoms. The maximum absolute atomic E-state index is 12.9. The average molecular weight is 436 g/mol. The topological polar surface area (TPSA) is 68.0 Å². The van der Waals surface area contributed by atoms with E-state index in [1.165, 1.54) is 0 Å². The summed E-state index contributed by atoms with van der Waals surface area (Å²) in [5, 5.41) is 6.95. The molecule has 1 aromatic heterocycles. The van der Waals surface area contributed by atoms with Crippen LogP contribution in [0.15, 0.2) is 53.1 Å². The fraction of sp³-hybridized carbons (Fsp3) is 0.286. The van der Waals surface area contributed by atoms with Crippen LogP contribution in [0.3, 0.4) is 0 Å². The summed E-state index contributed by atoms with van der Waals surface area (Å²) in [6.07, 6.45) is -2.15.